The van der Waals surface area contributed by atoms with Gasteiger partial charge in [-0.2, -0.15) is 10.5 Å². The second-order valence-electron chi connectivity index (χ2n) is 6.05. The van der Waals surface area contributed by atoms with Crippen molar-refractivity contribution in [1.82, 2.24) is 0 Å². The van der Waals surface area contributed by atoms with E-state index in [2.05, 4.69) is 12.1 Å². The number of hydrogen-bond acceptors (Lipinski definition) is 5. The molecule has 0 aliphatic carbocycles. The SMILES string of the molecule is COc1ccc(C=C(C#N)c2ccc(C(C#N)=Cc3ccc(OC)cc3)s2)cc1. The van der Waals surface area contributed by atoms with Gasteiger partial charge in [0.25, 0.3) is 0 Å². The van der Waals surface area contributed by atoms with Gasteiger partial charge < -0.3 is 9.47 Å². The van der Waals surface area contributed by atoms with E-state index in [1.165, 1.54) is 11.3 Å². The smallest absolute Gasteiger partial charge is 0.118 e. The van der Waals surface area contributed by atoms with E-state index in [-0.39, 0.29) is 0 Å². The van der Waals surface area contributed by atoms with Crippen molar-refractivity contribution < 1.29 is 9.47 Å². The third-order valence-electron chi connectivity index (χ3n) is 4.23. The van der Waals surface area contributed by atoms with Crippen LogP contribution in [0.1, 0.15) is 20.9 Å². The Morgan fingerprint density at radius 3 is 1.38 bits per heavy atom. The Balaban J connectivity index is 1.88. The third kappa shape index (κ3) is 4.93. The molecule has 29 heavy (non-hydrogen) atoms. The normalized spacial score (nSPS) is 11.4. The molecule has 0 amide bonds. The number of hydrogen-bond donors (Lipinski definition) is 0. The summed E-state index contributed by atoms with van der Waals surface area (Å²) in [6.45, 7) is 0. The van der Waals surface area contributed by atoms with Gasteiger partial charge in [0.05, 0.1) is 25.4 Å². The molecule has 0 saturated heterocycles. The lowest BCUT2D eigenvalue weighted by Crippen LogP contribution is -1.82. The van der Waals surface area contributed by atoms with Crippen LogP contribution in [0.25, 0.3) is 23.3 Å². The van der Waals surface area contributed by atoms with E-state index < -0.39 is 0 Å². The Labute approximate surface area is 174 Å². The van der Waals surface area contributed by atoms with Crippen molar-refractivity contribution in [3.8, 4) is 23.6 Å². The molecule has 5 heteroatoms. The monoisotopic (exact) mass is 398 g/mol. The lowest BCUT2D eigenvalue weighted by Gasteiger charge is -2.01. The molecule has 1 heterocycles. The molecule has 0 saturated carbocycles. The second-order valence-corrected chi connectivity index (χ2v) is 7.13. The number of nitrogens with zero attached hydrogens (tertiary/aromatic N) is 2. The average Bonchev–Trinajstić information content (AvgIpc) is 3.26. The van der Waals surface area contributed by atoms with Crippen LogP contribution in [0.15, 0.2) is 60.7 Å². The number of ether oxygens (including phenoxy) is 2. The molecule has 0 spiro atoms. The molecule has 1 aromatic heterocycles. The Kier molecular flexibility index (Phi) is 6.47. The quantitative estimate of drug-likeness (QED) is 0.485. The maximum Gasteiger partial charge on any atom is 0.118 e. The minimum Gasteiger partial charge on any atom is -0.497 e. The molecule has 0 fully saturated rings. The van der Waals surface area contributed by atoms with Crippen LogP contribution in [0.5, 0.6) is 11.5 Å². The fourth-order valence-corrected chi connectivity index (χ4v) is 3.62. The number of nitriles is 2. The van der Waals surface area contributed by atoms with Gasteiger partial charge >= 0.3 is 0 Å². The van der Waals surface area contributed by atoms with Gasteiger partial charge in [-0.25, -0.2) is 0 Å². The first-order valence-electron chi connectivity index (χ1n) is 8.79. The predicted molar refractivity (Wildman–Crippen MR) is 117 cm³/mol. The lowest BCUT2D eigenvalue weighted by molar-refractivity contribution is 0.414. The molecule has 0 aliphatic heterocycles. The van der Waals surface area contributed by atoms with Gasteiger partial charge in [-0.05, 0) is 59.7 Å². The summed E-state index contributed by atoms with van der Waals surface area (Å²) in [6, 6.07) is 23.3. The first kappa shape index (κ1) is 19.9. The fraction of sp³-hybridized carbons (Fsp3) is 0.0833. The summed E-state index contributed by atoms with van der Waals surface area (Å²) in [6.07, 6.45) is 3.66. The molecular formula is C24H18N2O2S. The van der Waals surface area contributed by atoms with Gasteiger partial charge in [-0.15, -0.1) is 11.3 Å². The van der Waals surface area contributed by atoms with Crippen LogP contribution in [0.3, 0.4) is 0 Å². The van der Waals surface area contributed by atoms with Crippen LogP contribution < -0.4 is 9.47 Å². The Morgan fingerprint density at radius 1 is 0.690 bits per heavy atom. The zero-order valence-electron chi connectivity index (χ0n) is 16.0. The van der Waals surface area contributed by atoms with Gasteiger partial charge in [0.15, 0.2) is 0 Å². The summed E-state index contributed by atoms with van der Waals surface area (Å²) >= 11 is 1.42. The summed E-state index contributed by atoms with van der Waals surface area (Å²) in [5.41, 5.74) is 2.92. The molecule has 0 unspecified atom stereocenters. The molecule has 4 nitrogen and oxygen atoms in total. The number of rotatable bonds is 6. The highest BCUT2D eigenvalue weighted by atomic mass is 32.1. The lowest BCUT2D eigenvalue weighted by atomic mass is 10.1. The Morgan fingerprint density at radius 2 is 1.07 bits per heavy atom. The maximum absolute atomic E-state index is 9.60. The highest BCUT2D eigenvalue weighted by Crippen LogP contribution is 2.31. The summed E-state index contributed by atoms with van der Waals surface area (Å²) in [7, 11) is 3.23. The average molecular weight is 398 g/mol. The number of allylic oxidation sites excluding steroid dienone is 2. The number of methoxy groups -OCH3 is 2. The number of thiophene rings is 1. The molecule has 0 radical (unpaired) electrons. The largest absolute Gasteiger partial charge is 0.497 e. The molecule has 3 aromatic rings. The highest BCUT2D eigenvalue weighted by Gasteiger charge is 2.09. The van der Waals surface area contributed by atoms with Crippen LogP contribution in [0, 0.1) is 22.7 Å². The van der Waals surface area contributed by atoms with E-state index in [1.54, 1.807) is 14.2 Å². The van der Waals surface area contributed by atoms with Gasteiger partial charge in [-0.3, -0.25) is 0 Å². The van der Waals surface area contributed by atoms with Crippen molar-refractivity contribution in [2.75, 3.05) is 14.2 Å². The third-order valence-corrected chi connectivity index (χ3v) is 5.38. The minimum absolute atomic E-state index is 0.549. The van der Waals surface area contributed by atoms with E-state index in [9.17, 15) is 10.5 Å². The Hall–Kier alpha value is -3.80. The van der Waals surface area contributed by atoms with Crippen molar-refractivity contribution in [3.63, 3.8) is 0 Å². The van der Waals surface area contributed by atoms with Crippen LogP contribution >= 0.6 is 11.3 Å². The fourth-order valence-electron chi connectivity index (χ4n) is 2.68. The standard InChI is InChI=1S/C24H18N2O2S/c1-27-21-7-3-17(4-8-21)13-19(15-25)23-11-12-24(29-23)20(16-26)14-18-5-9-22(28-2)10-6-18/h3-14H,1-2H3. The van der Waals surface area contributed by atoms with E-state index in [0.29, 0.717) is 11.1 Å². The van der Waals surface area contributed by atoms with Crippen LogP contribution in [0.2, 0.25) is 0 Å². The molecule has 0 N–H and O–H groups in total. The molecule has 0 bridgehead atoms. The van der Waals surface area contributed by atoms with Crippen molar-refractivity contribution in [1.29, 1.82) is 10.5 Å². The van der Waals surface area contributed by atoms with Crippen LogP contribution in [-0.2, 0) is 0 Å². The van der Waals surface area contributed by atoms with E-state index in [0.717, 1.165) is 32.4 Å². The minimum atomic E-state index is 0.549. The second kappa shape index (κ2) is 9.41. The summed E-state index contributed by atoms with van der Waals surface area (Å²) < 4.78 is 10.3. The first-order chi connectivity index (χ1) is 14.2. The maximum atomic E-state index is 9.60. The predicted octanol–water partition coefficient (Wildman–Crippen LogP) is 5.89. The van der Waals surface area contributed by atoms with E-state index >= 15 is 0 Å². The van der Waals surface area contributed by atoms with E-state index in [1.807, 2.05) is 72.8 Å². The van der Waals surface area contributed by atoms with Gasteiger partial charge in [0, 0.05) is 9.75 Å². The van der Waals surface area contributed by atoms with Crippen molar-refractivity contribution in [2.45, 2.75) is 0 Å². The van der Waals surface area contributed by atoms with Crippen LogP contribution in [-0.4, -0.2) is 14.2 Å². The zero-order valence-corrected chi connectivity index (χ0v) is 16.9. The zero-order chi connectivity index (χ0) is 20.6. The molecule has 142 valence electrons. The van der Waals surface area contributed by atoms with Crippen molar-refractivity contribution >= 4 is 34.6 Å². The molecule has 0 aliphatic rings. The molecule has 0 atom stereocenters. The summed E-state index contributed by atoms with van der Waals surface area (Å²) in [5.74, 6) is 1.53. The number of benzene rings is 2. The van der Waals surface area contributed by atoms with Gasteiger partial charge in [0.2, 0.25) is 0 Å². The molecule has 3 rings (SSSR count). The Bertz CT molecular complexity index is 1040. The highest BCUT2D eigenvalue weighted by molar-refractivity contribution is 7.14. The van der Waals surface area contributed by atoms with E-state index in [4.69, 9.17) is 9.47 Å². The van der Waals surface area contributed by atoms with Crippen molar-refractivity contribution in [2.24, 2.45) is 0 Å². The molecular weight excluding hydrogens is 380 g/mol. The summed E-state index contributed by atoms with van der Waals surface area (Å²) in [5, 5.41) is 19.2. The molecule has 2 aromatic carbocycles. The first-order valence-corrected chi connectivity index (χ1v) is 9.60. The summed E-state index contributed by atoms with van der Waals surface area (Å²) in [4.78, 5) is 1.63. The van der Waals surface area contributed by atoms with Crippen LogP contribution in [0.4, 0.5) is 0 Å². The topological polar surface area (TPSA) is 66.0 Å². The van der Waals surface area contributed by atoms with Crippen molar-refractivity contribution in [3.05, 3.63) is 81.5 Å². The van der Waals surface area contributed by atoms with Gasteiger partial charge in [-0.1, -0.05) is 24.3 Å². The van der Waals surface area contributed by atoms with Gasteiger partial charge in [0.1, 0.15) is 23.6 Å².